The average molecular weight is 254 g/mol. The maximum atomic E-state index is 11.7. The van der Waals surface area contributed by atoms with Crippen LogP contribution >= 0.6 is 0 Å². The lowest BCUT2D eigenvalue weighted by molar-refractivity contribution is -0.137. The van der Waals surface area contributed by atoms with Crippen molar-refractivity contribution in [2.45, 2.75) is 6.92 Å². The van der Waals surface area contributed by atoms with Crippen molar-refractivity contribution in [1.29, 1.82) is 0 Å². The number of carbonyl (C=O) groups is 1. The monoisotopic (exact) mass is 254 g/mol. The van der Waals surface area contributed by atoms with Crippen molar-refractivity contribution in [3.05, 3.63) is 66.0 Å². The summed E-state index contributed by atoms with van der Waals surface area (Å²) in [6.07, 6.45) is 4.70. The quantitative estimate of drug-likeness (QED) is 0.621. The Morgan fingerprint density at radius 1 is 1.16 bits per heavy atom. The molecular formula is C15H14N2O2. The zero-order valence-electron chi connectivity index (χ0n) is 10.6. The first-order valence-corrected chi connectivity index (χ1v) is 6.02. The minimum absolute atomic E-state index is 0.353. The van der Waals surface area contributed by atoms with Crippen LogP contribution in [0.1, 0.15) is 18.1 Å². The zero-order valence-corrected chi connectivity index (χ0v) is 10.6. The van der Waals surface area contributed by atoms with Gasteiger partial charge in [0.05, 0.1) is 19.0 Å². The number of hydrogen-bond acceptors (Lipinski definition) is 4. The van der Waals surface area contributed by atoms with E-state index in [4.69, 9.17) is 4.74 Å². The molecule has 0 bridgehead atoms. The predicted molar refractivity (Wildman–Crippen MR) is 72.2 cm³/mol. The largest absolute Gasteiger partial charge is 0.463 e. The smallest absolute Gasteiger partial charge is 0.331 e. The minimum Gasteiger partial charge on any atom is -0.463 e. The Labute approximate surface area is 111 Å². The van der Waals surface area contributed by atoms with Crippen LogP contribution in [-0.4, -0.2) is 22.8 Å². The fraction of sp³-hybridized carbons (Fsp3) is 0.133. The van der Waals surface area contributed by atoms with E-state index >= 15 is 0 Å². The van der Waals surface area contributed by atoms with Crippen molar-refractivity contribution in [2.24, 2.45) is 0 Å². The van der Waals surface area contributed by atoms with Crippen molar-refractivity contribution >= 4 is 11.5 Å². The van der Waals surface area contributed by atoms with Crippen LogP contribution in [0, 0.1) is 0 Å². The summed E-state index contributed by atoms with van der Waals surface area (Å²) in [7, 11) is 0. The number of hydrogen-bond donors (Lipinski definition) is 0. The van der Waals surface area contributed by atoms with Crippen LogP contribution in [0.2, 0.25) is 0 Å². The van der Waals surface area contributed by atoms with E-state index in [1.54, 1.807) is 19.3 Å². The van der Waals surface area contributed by atoms with Gasteiger partial charge < -0.3 is 4.74 Å². The summed E-state index contributed by atoms with van der Waals surface area (Å²) in [6, 6.07) is 11.4. The summed E-state index contributed by atoms with van der Waals surface area (Å²) in [5.41, 5.74) is 2.53. The number of benzene rings is 1. The summed E-state index contributed by atoms with van der Waals surface area (Å²) in [4.78, 5) is 11.7. The van der Waals surface area contributed by atoms with E-state index in [0.717, 1.165) is 16.7 Å². The highest BCUT2D eigenvalue weighted by Crippen LogP contribution is 2.22. The van der Waals surface area contributed by atoms with Crippen LogP contribution in [0.15, 0.2) is 54.9 Å². The molecule has 0 atom stereocenters. The third-order valence-corrected chi connectivity index (χ3v) is 2.53. The lowest BCUT2D eigenvalue weighted by atomic mass is 9.99. The first kappa shape index (κ1) is 13.0. The van der Waals surface area contributed by atoms with Crippen LogP contribution in [0.3, 0.4) is 0 Å². The highest BCUT2D eigenvalue weighted by molar-refractivity contribution is 5.96. The Bertz CT molecular complexity index is 524. The SMILES string of the molecule is CCOC(=O)/C=C(\c1ccccc1)c1ccnnc1. The summed E-state index contributed by atoms with van der Waals surface area (Å²) in [5, 5.41) is 7.58. The summed E-state index contributed by atoms with van der Waals surface area (Å²) in [5.74, 6) is -0.363. The lowest BCUT2D eigenvalue weighted by Crippen LogP contribution is -2.02. The van der Waals surface area contributed by atoms with Gasteiger partial charge in [0, 0.05) is 11.6 Å². The van der Waals surface area contributed by atoms with Gasteiger partial charge in [0.25, 0.3) is 0 Å². The van der Waals surface area contributed by atoms with E-state index in [-0.39, 0.29) is 5.97 Å². The molecule has 0 fully saturated rings. The number of esters is 1. The van der Waals surface area contributed by atoms with Crippen molar-refractivity contribution in [2.75, 3.05) is 6.61 Å². The molecule has 2 rings (SSSR count). The second kappa shape index (κ2) is 6.44. The third kappa shape index (κ3) is 3.48. The van der Waals surface area contributed by atoms with Crippen molar-refractivity contribution in [3.63, 3.8) is 0 Å². The minimum atomic E-state index is -0.363. The molecule has 96 valence electrons. The standard InChI is InChI=1S/C15H14N2O2/c1-2-19-15(18)10-14(12-6-4-3-5-7-12)13-8-9-16-17-11-13/h3-11H,2H2,1H3/b14-10+. The van der Waals surface area contributed by atoms with Crippen LogP contribution < -0.4 is 0 Å². The number of aromatic nitrogens is 2. The van der Waals surface area contributed by atoms with Crippen molar-refractivity contribution in [3.8, 4) is 0 Å². The Hall–Kier alpha value is -2.49. The third-order valence-electron chi connectivity index (χ3n) is 2.53. The van der Waals surface area contributed by atoms with Crippen LogP contribution in [0.5, 0.6) is 0 Å². The average Bonchev–Trinajstić information content (AvgIpc) is 2.47. The number of carbonyl (C=O) groups excluding carboxylic acids is 1. The maximum absolute atomic E-state index is 11.7. The summed E-state index contributed by atoms with van der Waals surface area (Å²) >= 11 is 0. The van der Waals surface area contributed by atoms with Crippen LogP contribution in [0.4, 0.5) is 0 Å². The van der Waals surface area contributed by atoms with Gasteiger partial charge in [0.1, 0.15) is 0 Å². The maximum Gasteiger partial charge on any atom is 0.331 e. The van der Waals surface area contributed by atoms with Gasteiger partial charge in [0.2, 0.25) is 0 Å². The summed E-state index contributed by atoms with van der Waals surface area (Å²) in [6.45, 7) is 2.13. The second-order valence-corrected chi connectivity index (χ2v) is 3.81. The Morgan fingerprint density at radius 2 is 1.95 bits per heavy atom. The zero-order chi connectivity index (χ0) is 13.5. The van der Waals surface area contributed by atoms with E-state index in [0.29, 0.717) is 6.61 Å². The molecule has 1 heterocycles. The van der Waals surface area contributed by atoms with Gasteiger partial charge in [-0.2, -0.15) is 10.2 Å². The molecule has 0 saturated carbocycles. The van der Waals surface area contributed by atoms with Gasteiger partial charge in [0.15, 0.2) is 0 Å². The first-order valence-electron chi connectivity index (χ1n) is 6.02. The number of nitrogens with zero attached hydrogens (tertiary/aromatic N) is 2. The molecule has 0 spiro atoms. The van der Waals surface area contributed by atoms with Gasteiger partial charge >= 0.3 is 5.97 Å². The molecule has 1 aromatic carbocycles. The molecule has 0 aliphatic rings. The van der Waals surface area contributed by atoms with Crippen molar-refractivity contribution < 1.29 is 9.53 Å². The van der Waals surface area contributed by atoms with Gasteiger partial charge in [-0.3, -0.25) is 0 Å². The second-order valence-electron chi connectivity index (χ2n) is 3.81. The molecule has 0 aliphatic carbocycles. The predicted octanol–water partition coefficient (Wildman–Crippen LogP) is 2.47. The normalized spacial score (nSPS) is 11.1. The highest BCUT2D eigenvalue weighted by atomic mass is 16.5. The molecule has 4 heteroatoms. The van der Waals surface area contributed by atoms with Gasteiger partial charge in [-0.1, -0.05) is 30.3 Å². The van der Waals surface area contributed by atoms with E-state index in [9.17, 15) is 4.79 Å². The number of ether oxygens (including phenoxy) is 1. The molecule has 1 aromatic heterocycles. The molecule has 0 aliphatic heterocycles. The first-order chi connectivity index (χ1) is 9.31. The van der Waals surface area contributed by atoms with E-state index in [2.05, 4.69) is 10.2 Å². The molecular weight excluding hydrogens is 240 g/mol. The van der Waals surface area contributed by atoms with Gasteiger partial charge in [-0.15, -0.1) is 0 Å². The lowest BCUT2D eigenvalue weighted by Gasteiger charge is -2.07. The topological polar surface area (TPSA) is 52.1 Å². The highest BCUT2D eigenvalue weighted by Gasteiger charge is 2.08. The van der Waals surface area contributed by atoms with Gasteiger partial charge in [-0.25, -0.2) is 4.79 Å². The molecule has 2 aromatic rings. The van der Waals surface area contributed by atoms with E-state index in [1.807, 2.05) is 36.4 Å². The molecule has 0 N–H and O–H groups in total. The Balaban J connectivity index is 2.43. The van der Waals surface area contributed by atoms with Crippen LogP contribution in [-0.2, 0) is 9.53 Å². The van der Waals surface area contributed by atoms with E-state index in [1.165, 1.54) is 6.08 Å². The van der Waals surface area contributed by atoms with Gasteiger partial charge in [-0.05, 0) is 24.1 Å². The summed E-state index contributed by atoms with van der Waals surface area (Å²) < 4.78 is 4.96. The number of rotatable bonds is 4. The molecule has 4 nitrogen and oxygen atoms in total. The molecule has 0 unspecified atom stereocenters. The molecule has 19 heavy (non-hydrogen) atoms. The Kier molecular flexibility index (Phi) is 4.39. The fourth-order valence-corrected chi connectivity index (χ4v) is 1.70. The fourth-order valence-electron chi connectivity index (χ4n) is 1.70. The van der Waals surface area contributed by atoms with E-state index < -0.39 is 0 Å². The molecule has 0 radical (unpaired) electrons. The molecule has 0 amide bonds. The Morgan fingerprint density at radius 3 is 2.58 bits per heavy atom. The molecule has 0 saturated heterocycles. The van der Waals surface area contributed by atoms with Crippen LogP contribution in [0.25, 0.3) is 5.57 Å². The van der Waals surface area contributed by atoms with Crippen molar-refractivity contribution in [1.82, 2.24) is 10.2 Å².